The lowest BCUT2D eigenvalue weighted by Gasteiger charge is -2.31. The van der Waals surface area contributed by atoms with Gasteiger partial charge in [0.05, 0.1) is 31.4 Å². The molecule has 0 aromatic heterocycles. The Morgan fingerprint density at radius 1 is 0.980 bits per heavy atom. The molecule has 8 nitrogen and oxygen atoms in total. The Morgan fingerprint density at radius 2 is 1.64 bits per heavy atom. The molecule has 0 unspecified atom stereocenters. The third-order valence-corrected chi connectivity index (χ3v) is 12.6. The van der Waals surface area contributed by atoms with Gasteiger partial charge < -0.3 is 23.8 Å². The van der Waals surface area contributed by atoms with E-state index in [4.69, 9.17) is 16.3 Å². The van der Waals surface area contributed by atoms with Crippen LogP contribution in [-0.4, -0.2) is 55.9 Å². The van der Waals surface area contributed by atoms with Crippen molar-refractivity contribution >= 4 is 55.3 Å². The molecule has 50 heavy (non-hydrogen) atoms. The summed E-state index contributed by atoms with van der Waals surface area (Å²) < 4.78 is 23.2. The van der Waals surface area contributed by atoms with Crippen LogP contribution in [-0.2, 0) is 37.8 Å². The number of halogens is 2. The van der Waals surface area contributed by atoms with Crippen molar-refractivity contribution in [2.75, 3.05) is 23.0 Å². The average Bonchev–Trinajstić information content (AvgIpc) is 3.52. The van der Waals surface area contributed by atoms with Crippen LogP contribution in [0, 0.1) is 5.92 Å². The topological polar surface area (TPSA) is 90.4 Å². The number of fused-ring (bicyclic) bond motifs is 2. The molecule has 1 saturated heterocycles. The molecule has 0 saturated carbocycles. The van der Waals surface area contributed by atoms with Crippen LogP contribution in [0.4, 0.5) is 21.2 Å². The Bertz CT molecular complexity index is 1860. The van der Waals surface area contributed by atoms with Crippen molar-refractivity contribution in [1.29, 1.82) is 0 Å². The molecule has 2 aliphatic heterocycles. The van der Waals surface area contributed by atoms with E-state index in [9.17, 15) is 19.5 Å². The Labute approximate surface area is 298 Å². The van der Waals surface area contributed by atoms with E-state index < -0.39 is 31.6 Å². The molecular weight excluding hydrogens is 673 g/mol. The second kappa shape index (κ2) is 14.5. The Kier molecular flexibility index (Phi) is 10.3. The summed E-state index contributed by atoms with van der Waals surface area (Å²) in [6, 6.07) is 31.3. The first kappa shape index (κ1) is 35.5. The molecule has 0 radical (unpaired) electrons. The smallest absolute Gasteiger partial charge is 0.264 e. The van der Waals surface area contributed by atoms with E-state index in [0.29, 0.717) is 27.6 Å². The number of benzene rings is 4. The van der Waals surface area contributed by atoms with Crippen molar-refractivity contribution < 1.29 is 28.3 Å². The van der Waals surface area contributed by atoms with Gasteiger partial charge in [-0.15, -0.1) is 0 Å². The van der Waals surface area contributed by atoms with Gasteiger partial charge in [0.1, 0.15) is 0 Å². The minimum atomic E-state index is -3.54. The SMILES string of the molecule is C[C@@H]1[C@@H]([Si](C)(C)F)[C@H](CC(=O)N(CCO)Cc2ccccc2)O[C@@]12C(=O)N(Cc1cccc(N(C=O)c3ccccc3)c1)c1ccc(Cl)cc12. The first-order valence-corrected chi connectivity index (χ1v) is 20.1. The van der Waals surface area contributed by atoms with Gasteiger partial charge in [0, 0.05) is 46.5 Å². The van der Waals surface area contributed by atoms with Gasteiger partial charge in [-0.3, -0.25) is 19.3 Å². The maximum absolute atomic E-state index is 16.4. The summed E-state index contributed by atoms with van der Waals surface area (Å²) in [4.78, 5) is 45.6. The zero-order valence-corrected chi connectivity index (χ0v) is 30.1. The van der Waals surface area contributed by atoms with Gasteiger partial charge in [0.25, 0.3) is 5.91 Å². The highest BCUT2D eigenvalue weighted by molar-refractivity contribution is 6.72. The van der Waals surface area contributed by atoms with Crippen LogP contribution in [0.3, 0.4) is 0 Å². The maximum Gasteiger partial charge on any atom is 0.264 e. The predicted molar refractivity (Wildman–Crippen MR) is 195 cm³/mol. The summed E-state index contributed by atoms with van der Waals surface area (Å²) in [5.74, 6) is -1.25. The number of anilines is 3. The fourth-order valence-electron chi connectivity index (χ4n) is 7.74. The molecule has 1 N–H and O–H groups in total. The Morgan fingerprint density at radius 3 is 2.30 bits per heavy atom. The van der Waals surface area contributed by atoms with Gasteiger partial charge >= 0.3 is 0 Å². The molecule has 4 atom stereocenters. The van der Waals surface area contributed by atoms with Crippen LogP contribution >= 0.6 is 11.6 Å². The van der Waals surface area contributed by atoms with Crippen LogP contribution in [0.5, 0.6) is 0 Å². The highest BCUT2D eigenvalue weighted by Crippen LogP contribution is 2.60. The van der Waals surface area contributed by atoms with Crippen molar-refractivity contribution in [1.82, 2.24) is 4.90 Å². The molecule has 1 spiro atoms. The van der Waals surface area contributed by atoms with Crippen molar-refractivity contribution in [3.63, 3.8) is 0 Å². The Hall–Kier alpha value is -4.35. The van der Waals surface area contributed by atoms with Gasteiger partial charge in [-0.25, -0.2) is 0 Å². The third kappa shape index (κ3) is 6.73. The van der Waals surface area contributed by atoms with Gasteiger partial charge in [0.2, 0.25) is 20.7 Å². The first-order valence-electron chi connectivity index (χ1n) is 16.8. The zero-order valence-electron chi connectivity index (χ0n) is 28.3. The van der Waals surface area contributed by atoms with Crippen molar-refractivity contribution in [3.05, 3.63) is 125 Å². The van der Waals surface area contributed by atoms with Crippen LogP contribution in [0.2, 0.25) is 23.7 Å². The normalized spacial score (nSPS) is 21.4. The first-order chi connectivity index (χ1) is 24.0. The molecule has 4 aromatic rings. The second-order valence-electron chi connectivity index (χ2n) is 13.5. The van der Waals surface area contributed by atoms with Gasteiger partial charge in [0.15, 0.2) is 5.60 Å². The van der Waals surface area contributed by atoms with Crippen LogP contribution < -0.4 is 9.80 Å². The number of rotatable bonds is 12. The zero-order chi connectivity index (χ0) is 35.6. The van der Waals surface area contributed by atoms with Crippen LogP contribution in [0.15, 0.2) is 103 Å². The fraction of sp³-hybridized carbons (Fsp3) is 0.308. The fourth-order valence-corrected chi connectivity index (χ4v) is 10.4. The molecule has 3 amide bonds. The van der Waals surface area contributed by atoms with Gasteiger partial charge in [-0.1, -0.05) is 79.2 Å². The lowest BCUT2D eigenvalue weighted by atomic mass is 9.82. The number of aliphatic hydroxyl groups is 1. The second-order valence-corrected chi connectivity index (χ2v) is 17.8. The standard InChI is InChI=1S/C39H41ClFN3O5Si/c1-27-37(50(2,3)41)35(23-36(47)42(19-20-45)24-28-11-6-4-7-12-28)49-39(27)33-22-30(40)17-18-34(33)43(38(39)48)25-29-13-10-16-32(21-29)44(26-46)31-14-8-5-9-15-31/h4-18,21-22,26-27,35,37,45H,19-20,23-25H2,1-3H3/t27-,35+,37-,39+/m1/s1. The molecule has 0 bridgehead atoms. The van der Waals surface area contributed by atoms with Gasteiger partial charge in [-0.05, 0) is 66.7 Å². The number of hydrogen-bond donors (Lipinski definition) is 1. The predicted octanol–water partition coefficient (Wildman–Crippen LogP) is 7.37. The van der Waals surface area contributed by atoms with E-state index in [1.165, 1.54) is 4.90 Å². The Balaban J connectivity index is 1.33. The lowest BCUT2D eigenvalue weighted by Crippen LogP contribution is -2.45. The lowest BCUT2D eigenvalue weighted by molar-refractivity contribution is -0.150. The van der Waals surface area contributed by atoms with E-state index in [0.717, 1.165) is 17.5 Å². The number of amides is 3. The number of hydrogen-bond acceptors (Lipinski definition) is 5. The summed E-state index contributed by atoms with van der Waals surface area (Å²) in [5.41, 5.74) is 1.90. The molecule has 1 fully saturated rings. The minimum absolute atomic E-state index is 0.109. The largest absolute Gasteiger partial charge is 0.395 e. The third-order valence-electron chi connectivity index (χ3n) is 9.91. The van der Waals surface area contributed by atoms with E-state index in [-0.39, 0.29) is 44.5 Å². The number of carbonyl (C=O) groups excluding carboxylic acids is 3. The summed E-state index contributed by atoms with van der Waals surface area (Å²) in [6.07, 6.45) is -0.273. The molecule has 11 heteroatoms. The summed E-state index contributed by atoms with van der Waals surface area (Å²) in [7, 11) is -3.54. The van der Waals surface area contributed by atoms with Gasteiger partial charge in [-0.2, -0.15) is 0 Å². The quantitative estimate of drug-likeness (QED) is 0.0941. The molecule has 6 rings (SSSR count). The number of nitrogens with zero attached hydrogens (tertiary/aromatic N) is 3. The number of carbonyl (C=O) groups is 3. The highest BCUT2D eigenvalue weighted by Gasteiger charge is 2.67. The van der Waals surface area contributed by atoms with E-state index >= 15 is 4.11 Å². The van der Waals surface area contributed by atoms with Crippen molar-refractivity contribution in [2.45, 2.75) is 56.8 Å². The maximum atomic E-state index is 16.4. The number of para-hydroxylation sites is 1. The van der Waals surface area contributed by atoms with Crippen molar-refractivity contribution in [3.8, 4) is 0 Å². The summed E-state index contributed by atoms with van der Waals surface area (Å²) in [5, 5.41) is 10.2. The monoisotopic (exact) mass is 713 g/mol. The molecule has 2 aliphatic rings. The average molecular weight is 714 g/mol. The molecule has 4 aromatic carbocycles. The number of ether oxygens (including phenoxy) is 1. The van der Waals surface area contributed by atoms with Crippen LogP contribution in [0.1, 0.15) is 30.0 Å². The van der Waals surface area contributed by atoms with Crippen molar-refractivity contribution in [2.24, 2.45) is 5.92 Å². The summed E-state index contributed by atoms with van der Waals surface area (Å²) >= 11 is 6.54. The minimum Gasteiger partial charge on any atom is -0.395 e. The van der Waals surface area contributed by atoms with E-state index in [1.807, 2.05) is 91.9 Å². The van der Waals surface area contributed by atoms with Crippen LogP contribution in [0.25, 0.3) is 0 Å². The molecule has 2 heterocycles. The molecular formula is C39H41ClFN3O5Si. The van der Waals surface area contributed by atoms with E-state index in [2.05, 4.69) is 0 Å². The molecule has 260 valence electrons. The van der Waals surface area contributed by atoms with E-state index in [1.54, 1.807) is 41.1 Å². The highest BCUT2D eigenvalue weighted by atomic mass is 35.5. The molecule has 0 aliphatic carbocycles. The number of aliphatic hydroxyl groups excluding tert-OH is 1. The summed E-state index contributed by atoms with van der Waals surface area (Å²) in [6.45, 7) is 5.35.